The van der Waals surface area contributed by atoms with Gasteiger partial charge in [0.2, 0.25) is 9.84 Å². The third-order valence-electron chi connectivity index (χ3n) is 5.16. The molecule has 2 N–H and O–H groups in total. The molecule has 2 heterocycles. The number of rotatable bonds is 4. The molecule has 0 bridgehead atoms. The van der Waals surface area contributed by atoms with Gasteiger partial charge in [0.25, 0.3) is 0 Å². The number of nitrogens with one attached hydrogen (secondary N) is 1. The van der Waals surface area contributed by atoms with Crippen LogP contribution in [0.25, 0.3) is 11.1 Å². The van der Waals surface area contributed by atoms with Crippen molar-refractivity contribution in [1.82, 2.24) is 5.16 Å². The van der Waals surface area contributed by atoms with Crippen LogP contribution in [0.1, 0.15) is 17.0 Å². The van der Waals surface area contributed by atoms with Crippen LogP contribution in [0.15, 0.2) is 51.9 Å². The summed E-state index contributed by atoms with van der Waals surface area (Å²) in [6.07, 6.45) is 0. The molecule has 30 heavy (non-hydrogen) atoms. The molecule has 4 rings (SSSR count). The van der Waals surface area contributed by atoms with Crippen molar-refractivity contribution < 1.29 is 27.6 Å². The van der Waals surface area contributed by atoms with Crippen LogP contribution in [0.4, 0.5) is 5.69 Å². The van der Waals surface area contributed by atoms with E-state index in [0.717, 1.165) is 5.56 Å². The van der Waals surface area contributed by atoms with E-state index >= 15 is 0 Å². The molecule has 0 amide bonds. The van der Waals surface area contributed by atoms with Crippen molar-refractivity contribution in [2.75, 3.05) is 11.9 Å². The first-order valence-corrected chi connectivity index (χ1v) is 10.7. The van der Waals surface area contributed by atoms with Crippen LogP contribution >= 0.6 is 0 Å². The van der Waals surface area contributed by atoms with Gasteiger partial charge in [-0.15, -0.1) is 0 Å². The molecular formula is C21H20N2O6S. The Bertz CT molecular complexity index is 1240. The molecule has 1 aromatic heterocycles. The largest absolute Gasteiger partial charge is 0.477 e. The van der Waals surface area contributed by atoms with Gasteiger partial charge in [-0.05, 0) is 45.0 Å². The van der Waals surface area contributed by atoms with Crippen molar-refractivity contribution in [3.8, 4) is 16.9 Å². The fourth-order valence-corrected chi connectivity index (χ4v) is 5.37. The van der Waals surface area contributed by atoms with Gasteiger partial charge in [-0.2, -0.15) is 0 Å². The van der Waals surface area contributed by atoms with E-state index in [2.05, 4.69) is 10.5 Å². The number of anilines is 1. The van der Waals surface area contributed by atoms with Gasteiger partial charge in [-0.25, -0.2) is 13.2 Å². The van der Waals surface area contributed by atoms with Crippen molar-refractivity contribution in [3.05, 3.63) is 59.5 Å². The average Bonchev–Trinajstić information content (AvgIpc) is 3.05. The Morgan fingerprint density at radius 1 is 1.17 bits per heavy atom. The summed E-state index contributed by atoms with van der Waals surface area (Å²) in [5.74, 6) is -1.01. The first-order chi connectivity index (χ1) is 14.2. The number of ether oxygens (including phenoxy) is 1. The van der Waals surface area contributed by atoms with E-state index in [4.69, 9.17) is 9.26 Å². The lowest BCUT2D eigenvalue weighted by Crippen LogP contribution is -2.58. The summed E-state index contributed by atoms with van der Waals surface area (Å²) in [7, 11) is -4.53. The summed E-state index contributed by atoms with van der Waals surface area (Å²) in [6.45, 7) is 4.75. The number of hydrogen-bond donors (Lipinski definition) is 2. The minimum atomic E-state index is -4.53. The van der Waals surface area contributed by atoms with E-state index in [1.807, 2.05) is 6.92 Å². The quantitative estimate of drug-likeness (QED) is 0.650. The van der Waals surface area contributed by atoms with Gasteiger partial charge in [0.05, 0.1) is 22.8 Å². The number of sulfone groups is 1. The molecule has 0 spiro atoms. The maximum Gasteiger partial charge on any atom is 0.366 e. The lowest BCUT2D eigenvalue weighted by Gasteiger charge is -2.35. The van der Waals surface area contributed by atoms with E-state index in [9.17, 15) is 18.3 Å². The molecule has 156 valence electrons. The van der Waals surface area contributed by atoms with Crippen LogP contribution in [0.2, 0.25) is 0 Å². The number of fused-ring (bicyclic) bond motifs is 1. The topological polar surface area (TPSA) is 119 Å². The number of benzene rings is 2. The van der Waals surface area contributed by atoms with Crippen LogP contribution in [0.5, 0.6) is 5.75 Å². The lowest BCUT2D eigenvalue weighted by molar-refractivity contribution is -0.147. The third-order valence-corrected chi connectivity index (χ3v) is 7.37. The predicted molar refractivity (Wildman–Crippen MR) is 109 cm³/mol. The minimum absolute atomic E-state index is 0.153. The average molecular weight is 428 g/mol. The Kier molecular flexibility index (Phi) is 4.58. The number of hydrogen-bond acceptors (Lipinski definition) is 7. The number of carboxylic acid groups (broad SMARTS) is 1. The highest BCUT2D eigenvalue weighted by Gasteiger charge is 2.57. The second-order valence-electron chi connectivity index (χ2n) is 7.21. The maximum atomic E-state index is 13.8. The Morgan fingerprint density at radius 3 is 2.57 bits per heavy atom. The summed E-state index contributed by atoms with van der Waals surface area (Å²) >= 11 is 0. The Balaban J connectivity index is 1.95. The van der Waals surface area contributed by atoms with E-state index in [-0.39, 0.29) is 10.6 Å². The molecule has 1 atom stereocenters. The van der Waals surface area contributed by atoms with Crippen molar-refractivity contribution in [1.29, 1.82) is 0 Å². The molecular weight excluding hydrogens is 408 g/mol. The van der Waals surface area contributed by atoms with Crippen molar-refractivity contribution in [3.63, 3.8) is 0 Å². The zero-order valence-corrected chi connectivity index (χ0v) is 17.4. The van der Waals surface area contributed by atoms with E-state index in [1.165, 1.54) is 12.1 Å². The van der Waals surface area contributed by atoms with Crippen LogP contribution in [-0.2, 0) is 14.6 Å². The molecule has 0 fully saturated rings. The highest BCUT2D eigenvalue weighted by molar-refractivity contribution is 7.93. The smallest absolute Gasteiger partial charge is 0.366 e. The van der Waals surface area contributed by atoms with E-state index < -0.39 is 27.3 Å². The Hall–Kier alpha value is -3.33. The minimum Gasteiger partial charge on any atom is -0.477 e. The number of nitrogens with zero attached hydrogens (tertiary/aromatic N) is 1. The number of aromatic nitrogens is 1. The monoisotopic (exact) mass is 428 g/mol. The molecule has 3 aromatic rings. The maximum absolute atomic E-state index is 13.8. The standard InChI is InChI=1S/C21H20N2O6S/c1-12-8-9-18(15(10-12)19-13(2)23-29-14(19)3)30(26,27)21(20(24)25)11-22-16-6-4-5-7-17(16)28-21/h4-10,22H,11H2,1-3H3,(H,24,25). The summed E-state index contributed by atoms with van der Waals surface area (Å²) in [4.78, 5) is 9.63. The van der Waals surface area contributed by atoms with Crippen molar-refractivity contribution in [2.45, 2.75) is 30.6 Å². The molecule has 0 radical (unpaired) electrons. The first-order valence-electron chi connectivity index (χ1n) is 9.21. The zero-order valence-electron chi connectivity index (χ0n) is 16.6. The summed E-state index contributed by atoms with van der Waals surface area (Å²) in [6, 6.07) is 11.3. The first kappa shape index (κ1) is 20.0. The normalized spacial score (nSPS) is 18.2. The van der Waals surface area contributed by atoms with Crippen LogP contribution < -0.4 is 10.1 Å². The van der Waals surface area contributed by atoms with Crippen LogP contribution in [0, 0.1) is 20.8 Å². The third kappa shape index (κ3) is 2.85. The molecule has 0 saturated carbocycles. The molecule has 2 aromatic carbocycles. The molecule has 1 aliphatic rings. The summed E-state index contributed by atoms with van der Waals surface area (Å²) in [5.41, 5.74) is 2.68. The Morgan fingerprint density at radius 2 is 1.90 bits per heavy atom. The Labute approximate surface area is 173 Å². The van der Waals surface area contributed by atoms with Gasteiger partial charge in [-0.1, -0.05) is 28.9 Å². The number of para-hydroxylation sites is 2. The number of carbonyl (C=O) groups is 1. The molecule has 0 saturated heterocycles. The lowest BCUT2D eigenvalue weighted by atomic mass is 10.0. The SMILES string of the molecule is Cc1ccc(S(=O)(=O)C2(C(=O)O)CNc3ccccc3O2)c(-c2c(C)noc2C)c1. The molecule has 0 aliphatic carbocycles. The fourth-order valence-electron chi connectivity index (χ4n) is 3.63. The van der Waals surface area contributed by atoms with Gasteiger partial charge >= 0.3 is 10.9 Å². The molecule has 8 nitrogen and oxygen atoms in total. The highest BCUT2D eigenvalue weighted by atomic mass is 32.2. The van der Waals surface area contributed by atoms with Gasteiger partial charge in [0.15, 0.2) is 0 Å². The van der Waals surface area contributed by atoms with Gasteiger partial charge in [0, 0.05) is 11.1 Å². The zero-order chi connectivity index (χ0) is 21.7. The van der Waals surface area contributed by atoms with Crippen LogP contribution in [-0.4, -0.2) is 36.1 Å². The van der Waals surface area contributed by atoms with Gasteiger partial charge in [-0.3, -0.25) is 0 Å². The van der Waals surface area contributed by atoms with Gasteiger partial charge < -0.3 is 19.7 Å². The van der Waals surface area contributed by atoms with Crippen LogP contribution in [0.3, 0.4) is 0 Å². The second kappa shape index (κ2) is 6.88. The van der Waals surface area contributed by atoms with Gasteiger partial charge in [0.1, 0.15) is 11.5 Å². The van der Waals surface area contributed by atoms with Crippen molar-refractivity contribution in [2.24, 2.45) is 0 Å². The number of aliphatic carboxylic acids is 1. The van der Waals surface area contributed by atoms with Crippen molar-refractivity contribution >= 4 is 21.5 Å². The number of carboxylic acids is 1. The summed E-state index contributed by atoms with van der Waals surface area (Å²) in [5, 5.41) is 16.8. The van der Waals surface area contributed by atoms with E-state index in [1.54, 1.807) is 44.2 Å². The molecule has 1 unspecified atom stereocenters. The molecule has 9 heteroatoms. The second-order valence-corrected chi connectivity index (χ2v) is 9.32. The fraction of sp³-hybridized carbons (Fsp3) is 0.238. The molecule has 1 aliphatic heterocycles. The number of aryl methyl sites for hydroxylation is 3. The predicted octanol–water partition coefficient (Wildman–Crippen LogP) is 3.33. The highest BCUT2D eigenvalue weighted by Crippen LogP contribution is 2.41. The van der Waals surface area contributed by atoms with E-state index in [0.29, 0.717) is 28.3 Å². The summed E-state index contributed by atoms with van der Waals surface area (Å²) < 4.78 is 38.5.